The number of halogens is 1. The minimum atomic E-state index is -0.830. The molecule has 90 valence electrons. The number of hydrogen-bond acceptors (Lipinski definition) is 4. The Bertz CT molecular complexity index is 496. The van der Waals surface area contributed by atoms with Crippen molar-refractivity contribution in [3.63, 3.8) is 0 Å². The lowest BCUT2D eigenvalue weighted by atomic mass is 10.2. The van der Waals surface area contributed by atoms with Crippen molar-refractivity contribution in [2.24, 2.45) is 0 Å². The average molecular weight is 257 g/mol. The fourth-order valence-electron chi connectivity index (χ4n) is 1.53. The number of likely N-dealkylation sites (N-methyl/N-ethyl adjacent to an activating group) is 1. The minimum Gasteiger partial charge on any atom is -0.440 e. The number of carbonyl (C=O) groups excluding carboxylic acids is 3. The van der Waals surface area contributed by atoms with Gasteiger partial charge < -0.3 is 9.73 Å². The van der Waals surface area contributed by atoms with Crippen LogP contribution in [0.2, 0.25) is 5.22 Å². The van der Waals surface area contributed by atoms with Gasteiger partial charge in [0.25, 0.3) is 11.8 Å². The lowest BCUT2D eigenvalue weighted by Crippen LogP contribution is -2.40. The van der Waals surface area contributed by atoms with Crippen LogP contribution in [-0.2, 0) is 9.59 Å². The molecule has 2 rings (SSSR count). The van der Waals surface area contributed by atoms with E-state index in [1.807, 2.05) is 0 Å². The van der Waals surface area contributed by atoms with E-state index in [-0.39, 0.29) is 23.3 Å². The summed E-state index contributed by atoms with van der Waals surface area (Å²) in [4.78, 5) is 35.4. The predicted molar refractivity (Wildman–Crippen MR) is 57.4 cm³/mol. The van der Waals surface area contributed by atoms with Crippen molar-refractivity contribution in [3.05, 3.63) is 23.1 Å². The van der Waals surface area contributed by atoms with Crippen LogP contribution in [0.5, 0.6) is 0 Å². The molecule has 0 aromatic carbocycles. The van der Waals surface area contributed by atoms with Crippen molar-refractivity contribution in [1.82, 2.24) is 10.2 Å². The lowest BCUT2D eigenvalue weighted by Gasteiger charge is -2.09. The zero-order valence-corrected chi connectivity index (χ0v) is 9.65. The van der Waals surface area contributed by atoms with E-state index in [2.05, 4.69) is 5.32 Å². The maximum Gasteiger partial charge on any atom is 0.287 e. The number of furan rings is 1. The molecule has 1 atom stereocenters. The van der Waals surface area contributed by atoms with E-state index in [1.54, 1.807) is 0 Å². The Labute approximate surface area is 102 Å². The van der Waals surface area contributed by atoms with E-state index in [0.717, 1.165) is 4.90 Å². The summed E-state index contributed by atoms with van der Waals surface area (Å²) in [6, 6.07) is 1.98. The van der Waals surface area contributed by atoms with Crippen LogP contribution in [0.1, 0.15) is 17.0 Å². The zero-order valence-electron chi connectivity index (χ0n) is 8.90. The molecule has 6 nitrogen and oxygen atoms in total. The predicted octanol–water partition coefficient (Wildman–Crippen LogP) is 0.420. The molecule has 1 fully saturated rings. The van der Waals surface area contributed by atoms with Crippen molar-refractivity contribution >= 4 is 29.3 Å². The first-order chi connectivity index (χ1) is 7.99. The second-order valence-corrected chi connectivity index (χ2v) is 4.00. The number of imide groups is 1. The van der Waals surface area contributed by atoms with Gasteiger partial charge in [0, 0.05) is 7.05 Å². The Morgan fingerprint density at radius 2 is 2.24 bits per heavy atom. The number of carbonyl (C=O) groups is 3. The molecule has 1 unspecified atom stereocenters. The third-order valence-corrected chi connectivity index (χ3v) is 2.69. The third kappa shape index (κ3) is 2.16. The van der Waals surface area contributed by atoms with Gasteiger partial charge in [-0.2, -0.15) is 0 Å². The van der Waals surface area contributed by atoms with Crippen molar-refractivity contribution in [2.45, 2.75) is 12.5 Å². The van der Waals surface area contributed by atoms with Crippen LogP contribution in [0.4, 0.5) is 0 Å². The SMILES string of the molecule is CN1C(=O)CC(NC(=O)c2ccc(Cl)o2)C1=O. The molecule has 1 aliphatic rings. The molecule has 3 amide bonds. The molecule has 1 aromatic rings. The third-order valence-electron chi connectivity index (χ3n) is 2.48. The fourth-order valence-corrected chi connectivity index (χ4v) is 1.68. The highest BCUT2D eigenvalue weighted by atomic mass is 35.5. The van der Waals surface area contributed by atoms with Gasteiger partial charge in [0.15, 0.2) is 11.0 Å². The van der Waals surface area contributed by atoms with Gasteiger partial charge in [-0.25, -0.2) is 0 Å². The molecule has 0 spiro atoms. The highest BCUT2D eigenvalue weighted by Crippen LogP contribution is 2.15. The van der Waals surface area contributed by atoms with E-state index in [4.69, 9.17) is 16.0 Å². The van der Waals surface area contributed by atoms with Crippen LogP contribution in [0.3, 0.4) is 0 Å². The summed E-state index contributed by atoms with van der Waals surface area (Å²) in [5.74, 6) is -1.32. The average Bonchev–Trinajstić information content (AvgIpc) is 2.80. The minimum absolute atomic E-state index is 0.00445. The lowest BCUT2D eigenvalue weighted by molar-refractivity contribution is -0.137. The zero-order chi connectivity index (χ0) is 12.6. The Hall–Kier alpha value is -1.82. The van der Waals surface area contributed by atoms with E-state index in [9.17, 15) is 14.4 Å². The number of amides is 3. The van der Waals surface area contributed by atoms with Gasteiger partial charge in [-0.05, 0) is 23.7 Å². The van der Waals surface area contributed by atoms with Crippen LogP contribution in [0, 0.1) is 0 Å². The summed E-state index contributed by atoms with van der Waals surface area (Å²) in [5.41, 5.74) is 0. The number of nitrogens with one attached hydrogen (secondary N) is 1. The van der Waals surface area contributed by atoms with E-state index >= 15 is 0 Å². The first-order valence-corrected chi connectivity index (χ1v) is 5.23. The topological polar surface area (TPSA) is 79.6 Å². The van der Waals surface area contributed by atoms with Crippen LogP contribution in [-0.4, -0.2) is 35.7 Å². The molecule has 2 heterocycles. The molecule has 1 aromatic heterocycles. The van der Waals surface area contributed by atoms with E-state index < -0.39 is 17.9 Å². The summed E-state index contributed by atoms with van der Waals surface area (Å²) in [7, 11) is 1.38. The molecule has 0 radical (unpaired) electrons. The van der Waals surface area contributed by atoms with Crippen molar-refractivity contribution < 1.29 is 18.8 Å². The number of nitrogens with zero attached hydrogens (tertiary/aromatic N) is 1. The Balaban J connectivity index is 2.05. The summed E-state index contributed by atoms with van der Waals surface area (Å²) >= 11 is 5.52. The van der Waals surface area contributed by atoms with Crippen molar-refractivity contribution in [3.8, 4) is 0 Å². The molecule has 7 heteroatoms. The summed E-state index contributed by atoms with van der Waals surface area (Å²) in [6.45, 7) is 0. The Morgan fingerprint density at radius 1 is 1.53 bits per heavy atom. The van der Waals surface area contributed by atoms with Gasteiger partial charge in [0.1, 0.15) is 6.04 Å². The molecular weight excluding hydrogens is 248 g/mol. The van der Waals surface area contributed by atoms with Crippen LogP contribution >= 0.6 is 11.6 Å². The van der Waals surface area contributed by atoms with Gasteiger partial charge >= 0.3 is 0 Å². The maximum atomic E-state index is 11.6. The molecule has 17 heavy (non-hydrogen) atoms. The fraction of sp³-hybridized carbons (Fsp3) is 0.300. The molecular formula is C10H9ClN2O4. The molecule has 0 bridgehead atoms. The summed E-state index contributed by atoms with van der Waals surface area (Å²) in [5, 5.41) is 2.50. The quantitative estimate of drug-likeness (QED) is 0.778. The van der Waals surface area contributed by atoms with Crippen LogP contribution < -0.4 is 5.32 Å². The maximum absolute atomic E-state index is 11.6. The molecule has 1 N–H and O–H groups in total. The molecule has 0 saturated carbocycles. The van der Waals surface area contributed by atoms with Gasteiger partial charge in [0.05, 0.1) is 6.42 Å². The number of likely N-dealkylation sites (tertiary alicyclic amines) is 1. The highest BCUT2D eigenvalue weighted by molar-refractivity contribution is 6.29. The summed E-state index contributed by atoms with van der Waals surface area (Å²) in [6.07, 6.45) is -0.0322. The summed E-state index contributed by atoms with van der Waals surface area (Å²) < 4.78 is 4.89. The Morgan fingerprint density at radius 3 is 2.71 bits per heavy atom. The second kappa shape index (κ2) is 4.21. The normalized spacial score (nSPS) is 19.9. The van der Waals surface area contributed by atoms with Crippen LogP contribution in [0.15, 0.2) is 16.5 Å². The molecule has 0 aliphatic carbocycles. The van der Waals surface area contributed by atoms with Crippen molar-refractivity contribution in [2.75, 3.05) is 7.05 Å². The van der Waals surface area contributed by atoms with Gasteiger partial charge in [-0.1, -0.05) is 0 Å². The van der Waals surface area contributed by atoms with Gasteiger partial charge in [0.2, 0.25) is 5.91 Å². The highest BCUT2D eigenvalue weighted by Gasteiger charge is 2.37. The smallest absolute Gasteiger partial charge is 0.287 e. The first kappa shape index (κ1) is 11.7. The van der Waals surface area contributed by atoms with E-state index in [0.29, 0.717) is 0 Å². The van der Waals surface area contributed by atoms with Gasteiger partial charge in [-0.15, -0.1) is 0 Å². The largest absolute Gasteiger partial charge is 0.440 e. The van der Waals surface area contributed by atoms with Gasteiger partial charge in [-0.3, -0.25) is 19.3 Å². The molecule has 1 aliphatic heterocycles. The Kier molecular flexibility index (Phi) is 2.89. The standard InChI is InChI=1S/C10H9ClN2O4/c1-13-8(14)4-5(10(13)16)12-9(15)6-2-3-7(11)17-6/h2-3,5H,4H2,1H3,(H,12,15). The monoisotopic (exact) mass is 256 g/mol. The van der Waals surface area contributed by atoms with Crippen LogP contribution in [0.25, 0.3) is 0 Å². The van der Waals surface area contributed by atoms with E-state index in [1.165, 1.54) is 19.2 Å². The number of hydrogen-bond donors (Lipinski definition) is 1. The van der Waals surface area contributed by atoms with Crippen molar-refractivity contribution in [1.29, 1.82) is 0 Å². The second-order valence-electron chi connectivity index (χ2n) is 3.62. The molecule has 1 saturated heterocycles. The number of rotatable bonds is 2. The first-order valence-electron chi connectivity index (χ1n) is 4.85.